The Labute approximate surface area is 127 Å². The molecule has 108 valence electrons. The van der Waals surface area contributed by atoms with Crippen LogP contribution in [-0.4, -0.2) is 13.6 Å². The topological polar surface area (TPSA) is 12.0 Å². The molecule has 2 aromatic rings. The van der Waals surface area contributed by atoms with Gasteiger partial charge in [0.05, 0.1) is 0 Å². The number of likely N-dealkylation sites (N-methyl/N-ethyl adjacent to an activating group) is 1. The predicted octanol–water partition coefficient (Wildman–Crippen LogP) is 4.42. The lowest BCUT2D eigenvalue weighted by Crippen LogP contribution is -2.38. The molecule has 1 unspecified atom stereocenters. The molecule has 0 bridgehead atoms. The van der Waals surface area contributed by atoms with Gasteiger partial charge in [-0.1, -0.05) is 44.2 Å². The molecular formula is C18H25NS. The Kier molecular flexibility index (Phi) is 5.38. The Morgan fingerprint density at radius 1 is 1.00 bits per heavy atom. The number of hydrogen-bond acceptors (Lipinski definition) is 2. The summed E-state index contributed by atoms with van der Waals surface area (Å²) in [5, 5.41) is 3.40. The van der Waals surface area contributed by atoms with E-state index in [0.29, 0.717) is 0 Å². The number of rotatable bonds is 7. The van der Waals surface area contributed by atoms with Crippen molar-refractivity contribution in [1.82, 2.24) is 5.32 Å². The van der Waals surface area contributed by atoms with Crippen LogP contribution in [0.15, 0.2) is 42.5 Å². The van der Waals surface area contributed by atoms with Gasteiger partial charge in [0.25, 0.3) is 0 Å². The van der Waals surface area contributed by atoms with Crippen molar-refractivity contribution < 1.29 is 0 Å². The van der Waals surface area contributed by atoms with Crippen molar-refractivity contribution in [3.8, 4) is 0 Å². The minimum atomic E-state index is 0.200. The van der Waals surface area contributed by atoms with Crippen molar-refractivity contribution in [3.05, 3.63) is 57.8 Å². The van der Waals surface area contributed by atoms with E-state index in [-0.39, 0.29) is 5.41 Å². The molecule has 0 saturated heterocycles. The fourth-order valence-corrected chi connectivity index (χ4v) is 3.99. The second-order valence-corrected chi connectivity index (χ2v) is 6.68. The molecule has 0 spiro atoms. The largest absolute Gasteiger partial charge is 0.319 e. The zero-order valence-electron chi connectivity index (χ0n) is 12.8. The summed E-state index contributed by atoms with van der Waals surface area (Å²) in [6.45, 7) is 5.55. The molecule has 1 N–H and O–H groups in total. The smallest absolute Gasteiger partial charge is 0.0123 e. The first kappa shape index (κ1) is 15.3. The quantitative estimate of drug-likeness (QED) is 0.795. The van der Waals surface area contributed by atoms with Crippen LogP contribution in [0.1, 0.15) is 35.6 Å². The molecule has 20 heavy (non-hydrogen) atoms. The third-order valence-corrected chi connectivity index (χ3v) is 5.39. The Balaban J connectivity index is 2.31. The van der Waals surface area contributed by atoms with Gasteiger partial charge < -0.3 is 5.32 Å². The predicted molar refractivity (Wildman–Crippen MR) is 89.7 cm³/mol. The average Bonchev–Trinajstić information content (AvgIpc) is 2.95. The average molecular weight is 287 g/mol. The number of nitrogens with one attached hydrogen (secondary N) is 1. The summed E-state index contributed by atoms with van der Waals surface area (Å²) in [7, 11) is 2.05. The summed E-state index contributed by atoms with van der Waals surface area (Å²) in [6, 6.07) is 15.5. The van der Waals surface area contributed by atoms with Gasteiger partial charge in [-0.15, -0.1) is 11.3 Å². The second kappa shape index (κ2) is 7.05. The molecule has 0 saturated carbocycles. The Morgan fingerprint density at radius 2 is 1.70 bits per heavy atom. The first-order valence-corrected chi connectivity index (χ1v) is 8.33. The molecule has 0 radical (unpaired) electrons. The third-order valence-electron chi connectivity index (χ3n) is 4.16. The highest BCUT2D eigenvalue weighted by molar-refractivity contribution is 7.12. The molecule has 2 rings (SSSR count). The molecule has 0 amide bonds. The van der Waals surface area contributed by atoms with Gasteiger partial charge in [0.1, 0.15) is 0 Å². The first-order chi connectivity index (χ1) is 9.74. The van der Waals surface area contributed by atoms with Gasteiger partial charge in [0, 0.05) is 21.7 Å². The van der Waals surface area contributed by atoms with Crippen molar-refractivity contribution in [3.63, 3.8) is 0 Å². The molecule has 1 heterocycles. The zero-order valence-corrected chi connectivity index (χ0v) is 13.6. The van der Waals surface area contributed by atoms with Gasteiger partial charge in [-0.25, -0.2) is 0 Å². The maximum absolute atomic E-state index is 3.40. The van der Waals surface area contributed by atoms with Gasteiger partial charge in [0.2, 0.25) is 0 Å². The third kappa shape index (κ3) is 3.31. The van der Waals surface area contributed by atoms with Crippen LogP contribution in [0.25, 0.3) is 0 Å². The fraction of sp³-hybridized carbons (Fsp3) is 0.444. The van der Waals surface area contributed by atoms with Crippen LogP contribution < -0.4 is 5.32 Å². The molecule has 1 aromatic heterocycles. The number of benzene rings is 1. The van der Waals surface area contributed by atoms with E-state index >= 15 is 0 Å². The van der Waals surface area contributed by atoms with E-state index in [4.69, 9.17) is 0 Å². The Morgan fingerprint density at radius 3 is 2.25 bits per heavy atom. The van der Waals surface area contributed by atoms with Crippen LogP contribution in [0, 0.1) is 0 Å². The van der Waals surface area contributed by atoms with Crippen LogP contribution in [-0.2, 0) is 18.3 Å². The summed E-state index contributed by atoms with van der Waals surface area (Å²) >= 11 is 1.97. The Bertz CT molecular complexity index is 517. The van der Waals surface area contributed by atoms with E-state index in [1.54, 1.807) is 0 Å². The first-order valence-electron chi connectivity index (χ1n) is 7.52. The molecule has 1 aromatic carbocycles. The molecule has 0 fully saturated rings. The molecule has 0 aliphatic carbocycles. The minimum absolute atomic E-state index is 0.200. The summed E-state index contributed by atoms with van der Waals surface area (Å²) in [4.78, 5) is 2.99. The minimum Gasteiger partial charge on any atom is -0.319 e. The van der Waals surface area contributed by atoms with E-state index in [9.17, 15) is 0 Å². The van der Waals surface area contributed by atoms with Gasteiger partial charge in [-0.2, -0.15) is 0 Å². The van der Waals surface area contributed by atoms with Gasteiger partial charge in [-0.3, -0.25) is 0 Å². The maximum Gasteiger partial charge on any atom is 0.0123 e. The SMILES string of the molecule is CCc1ccc(CC(CC)(CNC)c2ccccc2)s1. The van der Waals surface area contributed by atoms with Gasteiger partial charge >= 0.3 is 0 Å². The lowest BCUT2D eigenvalue weighted by atomic mass is 9.75. The van der Waals surface area contributed by atoms with Crippen molar-refractivity contribution in [1.29, 1.82) is 0 Å². The Hall–Kier alpha value is -1.12. The lowest BCUT2D eigenvalue weighted by molar-refractivity contribution is 0.393. The van der Waals surface area contributed by atoms with Crippen LogP contribution >= 0.6 is 11.3 Å². The van der Waals surface area contributed by atoms with Crippen molar-refractivity contribution in [2.75, 3.05) is 13.6 Å². The van der Waals surface area contributed by atoms with E-state index < -0.39 is 0 Å². The van der Waals surface area contributed by atoms with Crippen molar-refractivity contribution >= 4 is 11.3 Å². The standard InChI is InChI=1S/C18H25NS/c1-4-16-11-12-17(20-16)13-18(5-2,14-19-3)15-9-7-6-8-10-15/h6-12,19H,4-5,13-14H2,1-3H3. The number of aryl methyl sites for hydroxylation is 1. The van der Waals surface area contributed by atoms with Gasteiger partial charge in [-0.05, 0) is 44.0 Å². The highest BCUT2D eigenvalue weighted by Gasteiger charge is 2.30. The second-order valence-electron chi connectivity index (χ2n) is 5.43. The van der Waals surface area contributed by atoms with Crippen LogP contribution in [0.3, 0.4) is 0 Å². The maximum atomic E-state index is 3.40. The van der Waals surface area contributed by atoms with E-state index in [1.807, 2.05) is 11.3 Å². The zero-order chi connectivity index (χ0) is 14.4. The highest BCUT2D eigenvalue weighted by atomic mass is 32.1. The van der Waals surface area contributed by atoms with E-state index in [0.717, 1.165) is 25.8 Å². The van der Waals surface area contributed by atoms with Crippen molar-refractivity contribution in [2.45, 2.75) is 38.5 Å². The fourth-order valence-electron chi connectivity index (χ4n) is 2.89. The summed E-state index contributed by atoms with van der Waals surface area (Å²) in [6.07, 6.45) is 3.41. The lowest BCUT2D eigenvalue weighted by Gasteiger charge is -2.33. The number of hydrogen-bond donors (Lipinski definition) is 1. The summed E-state index contributed by atoms with van der Waals surface area (Å²) in [5.74, 6) is 0. The molecule has 0 aliphatic rings. The molecule has 1 nitrogen and oxygen atoms in total. The van der Waals surface area contributed by atoms with Crippen LogP contribution in [0.2, 0.25) is 0 Å². The van der Waals surface area contributed by atoms with Crippen LogP contribution in [0.4, 0.5) is 0 Å². The van der Waals surface area contributed by atoms with Crippen molar-refractivity contribution in [2.24, 2.45) is 0 Å². The monoisotopic (exact) mass is 287 g/mol. The molecule has 2 heteroatoms. The van der Waals surface area contributed by atoms with E-state index in [2.05, 4.69) is 68.7 Å². The highest BCUT2D eigenvalue weighted by Crippen LogP contribution is 2.33. The van der Waals surface area contributed by atoms with Gasteiger partial charge in [0.15, 0.2) is 0 Å². The summed E-state index contributed by atoms with van der Waals surface area (Å²) in [5.41, 5.74) is 1.65. The number of thiophene rings is 1. The summed E-state index contributed by atoms with van der Waals surface area (Å²) < 4.78 is 0. The van der Waals surface area contributed by atoms with Crippen LogP contribution in [0.5, 0.6) is 0 Å². The molecule has 1 atom stereocenters. The molecular weight excluding hydrogens is 262 g/mol. The molecule has 0 aliphatic heterocycles. The van der Waals surface area contributed by atoms with E-state index in [1.165, 1.54) is 15.3 Å². The normalized spacial score (nSPS) is 14.2.